The Morgan fingerprint density at radius 1 is 1.18 bits per heavy atom. The summed E-state index contributed by atoms with van der Waals surface area (Å²) in [5.41, 5.74) is 0.899. The summed E-state index contributed by atoms with van der Waals surface area (Å²) >= 11 is 1.88. The number of alkyl halides is 1. The summed E-state index contributed by atoms with van der Waals surface area (Å²) in [5.74, 6) is -0.501. The average Bonchev–Trinajstić information content (AvgIpc) is 2.35. The Kier molecular flexibility index (Phi) is 6.38. The molecule has 1 aromatic rings. The van der Waals surface area contributed by atoms with Gasteiger partial charge in [0, 0.05) is 0 Å². The molecule has 0 bridgehead atoms. The first kappa shape index (κ1) is 13.8. The highest BCUT2D eigenvalue weighted by Crippen LogP contribution is 2.00. The van der Waals surface area contributed by atoms with Gasteiger partial charge in [0.2, 0.25) is 0 Å². The maximum Gasteiger partial charge on any atom is 0.408 e. The van der Waals surface area contributed by atoms with Gasteiger partial charge in [-0.2, -0.15) is 0 Å². The largest absolute Gasteiger partial charge is 0.460 e. The third-order valence-corrected chi connectivity index (χ3v) is 2.12. The molecule has 0 aliphatic carbocycles. The number of nitrogens with one attached hydrogen (secondary N) is 1. The number of halogens is 1. The van der Waals surface area contributed by atoms with Crippen LogP contribution in [0.4, 0.5) is 4.79 Å². The number of amides is 1. The van der Waals surface area contributed by atoms with Gasteiger partial charge in [-0.1, -0.05) is 30.3 Å². The zero-order valence-corrected chi connectivity index (χ0v) is 11.2. The summed E-state index contributed by atoms with van der Waals surface area (Å²) in [7, 11) is 0. The standard InChI is InChI=1S/C11H12INO4/c12-8-17-11(15)13-6-10(14)16-7-9-4-2-1-3-5-9/h1-5H,6-8H2,(H,13,15). The molecule has 0 saturated carbocycles. The number of benzene rings is 1. The Labute approximate surface area is 113 Å². The maximum absolute atomic E-state index is 11.2. The van der Waals surface area contributed by atoms with Crippen LogP contribution in [0, 0.1) is 0 Å². The molecular formula is C11H12INO4. The van der Waals surface area contributed by atoms with Crippen molar-refractivity contribution in [1.29, 1.82) is 0 Å². The van der Waals surface area contributed by atoms with Crippen molar-refractivity contribution in [2.75, 3.05) is 11.2 Å². The number of hydrogen-bond acceptors (Lipinski definition) is 4. The quantitative estimate of drug-likeness (QED) is 0.501. The number of hydrogen-bond donors (Lipinski definition) is 1. The molecule has 92 valence electrons. The molecule has 0 unspecified atom stereocenters. The topological polar surface area (TPSA) is 64.6 Å². The van der Waals surface area contributed by atoms with Crippen LogP contribution in [0.5, 0.6) is 0 Å². The summed E-state index contributed by atoms with van der Waals surface area (Å²) in [6.45, 7) is 0.00495. The van der Waals surface area contributed by atoms with Gasteiger partial charge in [0.25, 0.3) is 0 Å². The zero-order valence-electron chi connectivity index (χ0n) is 9.02. The smallest absolute Gasteiger partial charge is 0.408 e. The summed E-state index contributed by atoms with van der Waals surface area (Å²) in [4.78, 5) is 22.1. The van der Waals surface area contributed by atoms with Crippen LogP contribution < -0.4 is 5.32 Å². The molecule has 0 radical (unpaired) electrons. The Morgan fingerprint density at radius 3 is 2.53 bits per heavy atom. The van der Waals surface area contributed by atoms with Crippen molar-refractivity contribution >= 4 is 34.7 Å². The Balaban J connectivity index is 2.20. The number of alkyl carbamates (subject to hydrolysis) is 1. The molecular weight excluding hydrogens is 337 g/mol. The average molecular weight is 349 g/mol. The van der Waals surface area contributed by atoms with Gasteiger partial charge in [-0.15, -0.1) is 0 Å². The van der Waals surface area contributed by atoms with E-state index in [2.05, 4.69) is 10.1 Å². The van der Waals surface area contributed by atoms with Crippen molar-refractivity contribution in [1.82, 2.24) is 5.32 Å². The lowest BCUT2D eigenvalue weighted by molar-refractivity contribution is -0.143. The minimum absolute atomic E-state index is 0.192. The summed E-state index contributed by atoms with van der Waals surface area (Å²) in [6, 6.07) is 9.31. The van der Waals surface area contributed by atoms with Crippen LogP contribution in [0.15, 0.2) is 30.3 Å². The SMILES string of the molecule is O=C(CNC(=O)OCI)OCc1ccccc1. The monoisotopic (exact) mass is 349 g/mol. The summed E-state index contributed by atoms with van der Waals surface area (Å²) < 4.78 is 9.77. The van der Waals surface area contributed by atoms with Crippen LogP contribution in [-0.2, 0) is 20.9 Å². The van der Waals surface area contributed by atoms with Gasteiger partial charge in [-0.05, 0) is 28.2 Å². The molecule has 0 atom stereocenters. The number of ether oxygens (including phenoxy) is 2. The molecule has 1 aromatic carbocycles. The zero-order chi connectivity index (χ0) is 12.5. The fraction of sp³-hybridized carbons (Fsp3) is 0.273. The van der Waals surface area contributed by atoms with Gasteiger partial charge in [-0.3, -0.25) is 4.79 Å². The van der Waals surface area contributed by atoms with Crippen LogP contribution in [0.2, 0.25) is 0 Å². The molecule has 1 rings (SSSR count). The maximum atomic E-state index is 11.2. The van der Waals surface area contributed by atoms with E-state index < -0.39 is 12.1 Å². The minimum atomic E-state index is -0.629. The fourth-order valence-corrected chi connectivity index (χ4v) is 1.32. The third kappa shape index (κ3) is 6.10. The highest BCUT2D eigenvalue weighted by molar-refractivity contribution is 14.1. The Bertz CT molecular complexity index is 369. The first-order valence-electron chi connectivity index (χ1n) is 4.88. The molecule has 0 spiro atoms. The van der Waals surface area contributed by atoms with E-state index in [1.54, 1.807) is 0 Å². The van der Waals surface area contributed by atoms with E-state index in [4.69, 9.17) is 4.74 Å². The van der Waals surface area contributed by atoms with Crippen LogP contribution in [-0.4, -0.2) is 23.2 Å². The van der Waals surface area contributed by atoms with Gasteiger partial charge in [-0.25, -0.2) is 4.79 Å². The van der Waals surface area contributed by atoms with E-state index in [9.17, 15) is 9.59 Å². The molecule has 6 heteroatoms. The van der Waals surface area contributed by atoms with Gasteiger partial charge in [0.05, 0.1) is 0 Å². The second-order valence-electron chi connectivity index (χ2n) is 3.04. The van der Waals surface area contributed by atoms with E-state index in [-0.39, 0.29) is 17.8 Å². The van der Waals surface area contributed by atoms with Gasteiger partial charge >= 0.3 is 12.1 Å². The molecule has 0 saturated heterocycles. The first-order valence-corrected chi connectivity index (χ1v) is 6.41. The first-order chi connectivity index (χ1) is 8.22. The second-order valence-corrected chi connectivity index (χ2v) is 3.66. The van der Waals surface area contributed by atoms with Gasteiger partial charge < -0.3 is 14.8 Å². The summed E-state index contributed by atoms with van der Waals surface area (Å²) in [5, 5.41) is 2.28. The van der Waals surface area contributed by atoms with Crippen LogP contribution in [0.3, 0.4) is 0 Å². The Hall–Kier alpha value is -1.31. The number of esters is 1. The molecule has 5 nitrogen and oxygen atoms in total. The predicted molar refractivity (Wildman–Crippen MR) is 69.6 cm³/mol. The summed E-state index contributed by atoms with van der Waals surface area (Å²) in [6.07, 6.45) is -0.629. The van der Waals surface area contributed by atoms with Crippen molar-refractivity contribution in [3.05, 3.63) is 35.9 Å². The van der Waals surface area contributed by atoms with E-state index in [1.165, 1.54) is 0 Å². The van der Waals surface area contributed by atoms with Crippen LogP contribution in [0.25, 0.3) is 0 Å². The molecule has 0 aliphatic rings. The minimum Gasteiger partial charge on any atom is -0.460 e. The molecule has 1 N–H and O–H groups in total. The normalized spacial score (nSPS) is 9.47. The van der Waals surface area contributed by atoms with Gasteiger partial charge in [0.15, 0.2) is 0 Å². The van der Waals surface area contributed by atoms with E-state index >= 15 is 0 Å². The predicted octanol–water partition coefficient (Wildman–Crippen LogP) is 1.85. The lowest BCUT2D eigenvalue weighted by Gasteiger charge is -2.06. The van der Waals surface area contributed by atoms with Crippen molar-refractivity contribution in [3.8, 4) is 0 Å². The van der Waals surface area contributed by atoms with Crippen molar-refractivity contribution in [2.45, 2.75) is 6.61 Å². The second kappa shape index (κ2) is 7.88. The lowest BCUT2D eigenvalue weighted by Crippen LogP contribution is -2.30. The highest BCUT2D eigenvalue weighted by atomic mass is 127. The molecule has 0 aromatic heterocycles. The third-order valence-electron chi connectivity index (χ3n) is 1.81. The molecule has 0 fully saturated rings. The van der Waals surface area contributed by atoms with E-state index in [1.807, 2.05) is 52.9 Å². The van der Waals surface area contributed by atoms with Crippen molar-refractivity contribution < 1.29 is 19.1 Å². The van der Waals surface area contributed by atoms with Crippen LogP contribution in [0.1, 0.15) is 5.56 Å². The van der Waals surface area contributed by atoms with Crippen molar-refractivity contribution in [2.24, 2.45) is 0 Å². The van der Waals surface area contributed by atoms with E-state index in [0.29, 0.717) is 0 Å². The molecule has 1 amide bonds. The molecule has 17 heavy (non-hydrogen) atoms. The van der Waals surface area contributed by atoms with Crippen molar-refractivity contribution in [3.63, 3.8) is 0 Å². The fourth-order valence-electron chi connectivity index (χ4n) is 1.03. The number of carbonyl (C=O) groups is 2. The molecule has 0 heterocycles. The Morgan fingerprint density at radius 2 is 1.88 bits per heavy atom. The van der Waals surface area contributed by atoms with Crippen LogP contribution >= 0.6 is 22.6 Å². The van der Waals surface area contributed by atoms with E-state index in [0.717, 1.165) is 5.56 Å². The lowest BCUT2D eigenvalue weighted by atomic mass is 10.2. The highest BCUT2D eigenvalue weighted by Gasteiger charge is 2.06. The number of carbonyl (C=O) groups excluding carboxylic acids is 2. The molecule has 0 aliphatic heterocycles. The number of rotatable bonds is 5. The van der Waals surface area contributed by atoms with Gasteiger partial charge in [0.1, 0.15) is 17.8 Å².